The smallest absolute Gasteiger partial charge is 0.243 e. The number of ether oxygens (including phenoxy) is 1. The lowest BCUT2D eigenvalue weighted by Crippen LogP contribution is -2.51. The number of sulfonamides is 1. The van der Waals surface area contributed by atoms with E-state index in [-0.39, 0.29) is 23.6 Å². The molecule has 0 aliphatic carbocycles. The number of hydrogen-bond acceptors (Lipinski definition) is 4. The molecule has 1 saturated heterocycles. The van der Waals surface area contributed by atoms with Gasteiger partial charge in [-0.15, -0.1) is 0 Å². The van der Waals surface area contributed by atoms with Gasteiger partial charge in [-0.05, 0) is 43.5 Å². The molecule has 0 aromatic heterocycles. The lowest BCUT2D eigenvalue weighted by atomic mass is 10.0. The van der Waals surface area contributed by atoms with Gasteiger partial charge in [-0.2, -0.15) is 4.31 Å². The van der Waals surface area contributed by atoms with Crippen molar-refractivity contribution in [3.8, 4) is 0 Å². The monoisotopic (exact) mass is 316 g/mol. The quantitative estimate of drug-likeness (QED) is 0.908. The predicted octanol–water partition coefficient (Wildman–Crippen LogP) is 1.26. The first-order valence-electron chi connectivity index (χ1n) is 6.91. The Bertz CT molecular complexity index is 606. The number of aryl methyl sites for hydroxylation is 1. The highest BCUT2D eigenvalue weighted by molar-refractivity contribution is 7.89. The summed E-state index contributed by atoms with van der Waals surface area (Å²) in [7, 11) is -2.05. The molecule has 0 saturated carbocycles. The second-order valence-electron chi connectivity index (χ2n) is 5.30. The molecule has 0 spiro atoms. The maximum atomic E-state index is 13.2. The van der Waals surface area contributed by atoms with Gasteiger partial charge in [0.1, 0.15) is 5.82 Å². The lowest BCUT2D eigenvalue weighted by Gasteiger charge is -2.37. The van der Waals surface area contributed by atoms with Gasteiger partial charge < -0.3 is 10.5 Å². The number of benzene rings is 1. The Morgan fingerprint density at radius 1 is 1.48 bits per heavy atom. The number of hydrogen-bond donors (Lipinski definition) is 1. The van der Waals surface area contributed by atoms with Crippen LogP contribution >= 0.6 is 0 Å². The molecule has 0 bridgehead atoms. The van der Waals surface area contributed by atoms with Crippen molar-refractivity contribution < 1.29 is 17.5 Å². The number of nitrogens with two attached hydrogens (primary N) is 1. The first-order chi connectivity index (χ1) is 9.90. The largest absolute Gasteiger partial charge is 0.381 e. The minimum Gasteiger partial charge on any atom is -0.381 e. The molecule has 2 atom stereocenters. The Morgan fingerprint density at radius 3 is 2.76 bits per heavy atom. The van der Waals surface area contributed by atoms with E-state index in [1.54, 1.807) is 14.0 Å². The molecule has 0 radical (unpaired) electrons. The summed E-state index contributed by atoms with van der Waals surface area (Å²) in [5, 5.41) is 0. The molecule has 1 heterocycles. The molecule has 1 aliphatic rings. The SMILES string of the molecule is COC1CCN(S(=O)(=O)c2ccc(F)cc2C)C(CN)C1. The van der Waals surface area contributed by atoms with Crippen LogP contribution in [0.5, 0.6) is 0 Å². The van der Waals surface area contributed by atoms with Crippen LogP contribution in [0.3, 0.4) is 0 Å². The molecule has 1 aromatic rings. The van der Waals surface area contributed by atoms with Crippen LogP contribution in [-0.2, 0) is 14.8 Å². The molecule has 1 aliphatic heterocycles. The van der Waals surface area contributed by atoms with E-state index in [0.717, 1.165) is 0 Å². The molecule has 2 N–H and O–H groups in total. The average Bonchev–Trinajstić information content (AvgIpc) is 2.46. The van der Waals surface area contributed by atoms with Crippen molar-refractivity contribution in [2.45, 2.75) is 36.8 Å². The Labute approximate surface area is 124 Å². The standard InChI is InChI=1S/C14H21FN2O3S/c1-10-7-11(15)3-4-14(10)21(18,19)17-6-5-13(20-2)8-12(17)9-16/h3-4,7,12-13H,5-6,8-9,16H2,1-2H3. The van der Waals surface area contributed by atoms with E-state index < -0.39 is 15.8 Å². The number of halogens is 1. The van der Waals surface area contributed by atoms with Gasteiger partial charge >= 0.3 is 0 Å². The van der Waals surface area contributed by atoms with Crippen molar-refractivity contribution >= 4 is 10.0 Å². The summed E-state index contributed by atoms with van der Waals surface area (Å²) in [6, 6.07) is 3.42. The van der Waals surface area contributed by atoms with E-state index in [0.29, 0.717) is 24.9 Å². The summed E-state index contributed by atoms with van der Waals surface area (Å²) < 4.78 is 45.5. The Hall–Kier alpha value is -1.02. The van der Waals surface area contributed by atoms with E-state index in [1.165, 1.54) is 22.5 Å². The third kappa shape index (κ3) is 3.26. The highest BCUT2D eigenvalue weighted by Crippen LogP contribution is 2.28. The summed E-state index contributed by atoms with van der Waals surface area (Å²) in [6.07, 6.45) is 1.23. The molecular formula is C14H21FN2O3S. The van der Waals surface area contributed by atoms with E-state index in [1.807, 2.05) is 0 Å². The van der Waals surface area contributed by atoms with Crippen molar-refractivity contribution in [1.29, 1.82) is 0 Å². The van der Waals surface area contributed by atoms with E-state index in [9.17, 15) is 12.8 Å². The maximum Gasteiger partial charge on any atom is 0.243 e. The van der Waals surface area contributed by atoms with Gasteiger partial charge in [0.05, 0.1) is 11.0 Å². The fourth-order valence-corrected chi connectivity index (χ4v) is 4.63. The zero-order valence-corrected chi connectivity index (χ0v) is 13.1. The first-order valence-corrected chi connectivity index (χ1v) is 8.35. The molecule has 1 aromatic carbocycles. The third-order valence-corrected chi connectivity index (χ3v) is 6.05. The molecule has 0 amide bonds. The van der Waals surface area contributed by atoms with Crippen molar-refractivity contribution in [1.82, 2.24) is 4.31 Å². The molecule has 118 valence electrons. The van der Waals surface area contributed by atoms with Crippen LogP contribution in [0.2, 0.25) is 0 Å². The normalized spacial score (nSPS) is 24.2. The van der Waals surface area contributed by atoms with Crippen molar-refractivity contribution in [3.63, 3.8) is 0 Å². The number of piperidine rings is 1. The number of rotatable bonds is 4. The van der Waals surface area contributed by atoms with Crippen LogP contribution in [0, 0.1) is 12.7 Å². The topological polar surface area (TPSA) is 72.6 Å². The van der Waals surface area contributed by atoms with Gasteiger partial charge in [0.25, 0.3) is 0 Å². The number of methoxy groups -OCH3 is 1. The van der Waals surface area contributed by atoms with Crippen LogP contribution in [-0.4, -0.2) is 45.1 Å². The van der Waals surface area contributed by atoms with Crippen molar-refractivity contribution in [2.75, 3.05) is 20.2 Å². The summed E-state index contributed by atoms with van der Waals surface area (Å²) >= 11 is 0. The van der Waals surface area contributed by atoms with Crippen LogP contribution in [0.15, 0.2) is 23.1 Å². The third-order valence-electron chi connectivity index (χ3n) is 3.94. The molecule has 5 nitrogen and oxygen atoms in total. The first kappa shape index (κ1) is 16.4. The van der Waals surface area contributed by atoms with Crippen LogP contribution in [0.4, 0.5) is 4.39 Å². The molecule has 2 rings (SSSR count). The van der Waals surface area contributed by atoms with Gasteiger partial charge in [0, 0.05) is 26.2 Å². The van der Waals surface area contributed by atoms with Crippen LogP contribution in [0.25, 0.3) is 0 Å². The predicted molar refractivity (Wildman–Crippen MR) is 77.9 cm³/mol. The van der Waals surface area contributed by atoms with Crippen LogP contribution in [0.1, 0.15) is 18.4 Å². The maximum absolute atomic E-state index is 13.2. The highest BCUT2D eigenvalue weighted by atomic mass is 32.2. The Balaban J connectivity index is 2.34. The van der Waals surface area contributed by atoms with Crippen LogP contribution < -0.4 is 5.73 Å². The van der Waals surface area contributed by atoms with Crippen molar-refractivity contribution in [3.05, 3.63) is 29.6 Å². The van der Waals surface area contributed by atoms with Gasteiger partial charge in [0.2, 0.25) is 10.0 Å². The Kier molecular flexibility index (Phi) is 4.98. The molecular weight excluding hydrogens is 295 g/mol. The van der Waals surface area contributed by atoms with Gasteiger partial charge in [-0.3, -0.25) is 0 Å². The van der Waals surface area contributed by atoms with E-state index >= 15 is 0 Å². The fourth-order valence-electron chi connectivity index (χ4n) is 2.77. The van der Waals surface area contributed by atoms with Gasteiger partial charge in [0.15, 0.2) is 0 Å². The highest BCUT2D eigenvalue weighted by Gasteiger charge is 2.36. The van der Waals surface area contributed by atoms with E-state index in [2.05, 4.69) is 0 Å². The molecule has 7 heteroatoms. The van der Waals surface area contributed by atoms with Crippen molar-refractivity contribution in [2.24, 2.45) is 5.73 Å². The second-order valence-corrected chi connectivity index (χ2v) is 7.16. The molecule has 2 unspecified atom stereocenters. The summed E-state index contributed by atoms with van der Waals surface area (Å²) in [4.78, 5) is 0.137. The fraction of sp³-hybridized carbons (Fsp3) is 0.571. The summed E-state index contributed by atoms with van der Waals surface area (Å²) in [5.74, 6) is -0.445. The zero-order chi connectivity index (χ0) is 15.6. The molecule has 21 heavy (non-hydrogen) atoms. The second kappa shape index (κ2) is 6.39. The number of nitrogens with zero attached hydrogens (tertiary/aromatic N) is 1. The average molecular weight is 316 g/mol. The molecule has 1 fully saturated rings. The minimum atomic E-state index is -3.67. The van der Waals surface area contributed by atoms with E-state index in [4.69, 9.17) is 10.5 Å². The summed E-state index contributed by atoms with van der Waals surface area (Å²) in [5.41, 5.74) is 6.13. The van der Waals surface area contributed by atoms with Gasteiger partial charge in [-0.25, -0.2) is 12.8 Å². The van der Waals surface area contributed by atoms with Gasteiger partial charge in [-0.1, -0.05) is 0 Å². The zero-order valence-electron chi connectivity index (χ0n) is 12.3. The minimum absolute atomic E-state index is 0.0271. The summed E-state index contributed by atoms with van der Waals surface area (Å²) in [6.45, 7) is 2.19. The lowest BCUT2D eigenvalue weighted by molar-refractivity contribution is 0.0401. The Morgan fingerprint density at radius 2 is 2.19 bits per heavy atom.